The van der Waals surface area contributed by atoms with E-state index in [1.165, 1.54) is 0 Å². The Bertz CT molecular complexity index is 917. The molecule has 27 heavy (non-hydrogen) atoms. The molecule has 0 saturated carbocycles. The van der Waals surface area contributed by atoms with Gasteiger partial charge < -0.3 is 23.7 Å². The van der Waals surface area contributed by atoms with Crippen molar-refractivity contribution in [2.45, 2.75) is 44.3 Å². The van der Waals surface area contributed by atoms with Crippen molar-refractivity contribution < 1.29 is 23.7 Å². The van der Waals surface area contributed by atoms with E-state index >= 15 is 0 Å². The highest BCUT2D eigenvalue weighted by Gasteiger charge is 2.44. The van der Waals surface area contributed by atoms with Crippen molar-refractivity contribution >= 4 is 0 Å². The first-order valence-electron chi connectivity index (χ1n) is 9.41. The number of ether oxygens (including phenoxy) is 5. The maximum Gasteiger partial charge on any atom is 0.141 e. The normalized spacial score (nSPS) is 23.6. The van der Waals surface area contributed by atoms with Gasteiger partial charge in [-0.2, -0.15) is 0 Å². The molecule has 5 nitrogen and oxygen atoms in total. The van der Waals surface area contributed by atoms with Crippen molar-refractivity contribution in [1.29, 1.82) is 0 Å². The second-order valence-corrected chi connectivity index (χ2v) is 8.02. The molecule has 0 N–H and O–H groups in total. The van der Waals surface area contributed by atoms with Crippen LogP contribution in [0.2, 0.25) is 0 Å². The van der Waals surface area contributed by atoms with Crippen LogP contribution in [0.15, 0.2) is 24.3 Å². The summed E-state index contributed by atoms with van der Waals surface area (Å²) in [5.41, 5.74) is 3.08. The largest absolute Gasteiger partial charge is 0.497 e. The molecule has 0 saturated heterocycles. The molecule has 0 amide bonds. The van der Waals surface area contributed by atoms with E-state index in [4.69, 9.17) is 23.7 Å². The fraction of sp³-hybridized carbons (Fsp3) is 0.455. The standard InChI is InChI=1S/C22H24O5/c1-22(2)8-7-14-17(27-22)10-18-19(20(14)24-4)21-15(11-25-18)13-6-5-12(23-3)9-16(13)26-21/h5-6,9-10,15,21H,7-8,11H2,1-4H3. The zero-order valence-corrected chi connectivity index (χ0v) is 16.1. The van der Waals surface area contributed by atoms with Gasteiger partial charge in [-0.3, -0.25) is 0 Å². The van der Waals surface area contributed by atoms with Gasteiger partial charge in [0.15, 0.2) is 0 Å². The van der Waals surface area contributed by atoms with Crippen molar-refractivity contribution in [3.8, 4) is 28.7 Å². The summed E-state index contributed by atoms with van der Waals surface area (Å²) in [5.74, 6) is 4.29. The van der Waals surface area contributed by atoms with Gasteiger partial charge in [-0.1, -0.05) is 6.07 Å². The molecule has 2 aromatic rings. The van der Waals surface area contributed by atoms with Gasteiger partial charge in [0.05, 0.1) is 32.3 Å². The van der Waals surface area contributed by atoms with Crippen molar-refractivity contribution in [2.24, 2.45) is 0 Å². The van der Waals surface area contributed by atoms with Crippen LogP contribution >= 0.6 is 0 Å². The first-order chi connectivity index (χ1) is 13.0. The molecule has 5 heteroatoms. The smallest absolute Gasteiger partial charge is 0.141 e. The quantitative estimate of drug-likeness (QED) is 0.785. The Morgan fingerprint density at radius 3 is 2.67 bits per heavy atom. The average Bonchev–Trinajstić information content (AvgIpc) is 3.02. The molecule has 0 aromatic heterocycles. The van der Waals surface area contributed by atoms with E-state index in [0.29, 0.717) is 6.61 Å². The van der Waals surface area contributed by atoms with E-state index in [0.717, 1.165) is 58.3 Å². The van der Waals surface area contributed by atoms with Crippen molar-refractivity contribution in [2.75, 3.05) is 20.8 Å². The molecule has 0 radical (unpaired) electrons. The van der Waals surface area contributed by atoms with Gasteiger partial charge in [0.2, 0.25) is 0 Å². The van der Waals surface area contributed by atoms with Crippen LogP contribution in [0.5, 0.6) is 28.7 Å². The van der Waals surface area contributed by atoms with Gasteiger partial charge in [0.1, 0.15) is 40.5 Å². The maximum atomic E-state index is 6.37. The van der Waals surface area contributed by atoms with Crippen LogP contribution in [-0.4, -0.2) is 26.4 Å². The minimum atomic E-state index is -0.180. The molecule has 3 heterocycles. The molecule has 0 bridgehead atoms. The predicted molar refractivity (Wildman–Crippen MR) is 101 cm³/mol. The molecule has 0 spiro atoms. The van der Waals surface area contributed by atoms with Crippen LogP contribution in [0.4, 0.5) is 0 Å². The van der Waals surface area contributed by atoms with Crippen LogP contribution in [0, 0.1) is 0 Å². The lowest BCUT2D eigenvalue weighted by atomic mass is 9.85. The van der Waals surface area contributed by atoms with E-state index in [2.05, 4.69) is 19.9 Å². The van der Waals surface area contributed by atoms with Crippen LogP contribution in [0.25, 0.3) is 0 Å². The SMILES string of the molecule is COc1ccc2c(c1)OC1c3c(cc4c(c3OC)CCC(C)(C)O4)OCC21. The van der Waals surface area contributed by atoms with Gasteiger partial charge >= 0.3 is 0 Å². The Labute approximate surface area is 159 Å². The van der Waals surface area contributed by atoms with Crippen molar-refractivity contribution in [3.05, 3.63) is 41.0 Å². The summed E-state index contributed by atoms with van der Waals surface area (Å²) in [5, 5.41) is 0. The summed E-state index contributed by atoms with van der Waals surface area (Å²) in [7, 11) is 3.38. The van der Waals surface area contributed by atoms with Gasteiger partial charge in [0, 0.05) is 23.3 Å². The summed E-state index contributed by atoms with van der Waals surface area (Å²) < 4.78 is 30.0. The molecule has 0 fully saturated rings. The number of rotatable bonds is 2. The average molecular weight is 368 g/mol. The third-order valence-corrected chi connectivity index (χ3v) is 5.85. The van der Waals surface area contributed by atoms with E-state index in [1.807, 2.05) is 18.2 Å². The Kier molecular flexibility index (Phi) is 3.51. The van der Waals surface area contributed by atoms with Gasteiger partial charge in [-0.15, -0.1) is 0 Å². The molecule has 142 valence electrons. The van der Waals surface area contributed by atoms with Gasteiger partial charge in [0.25, 0.3) is 0 Å². The lowest BCUT2D eigenvalue weighted by molar-refractivity contribution is 0.0808. The second kappa shape index (κ2) is 5.72. The molecular weight excluding hydrogens is 344 g/mol. The Morgan fingerprint density at radius 2 is 1.89 bits per heavy atom. The third-order valence-electron chi connectivity index (χ3n) is 5.85. The molecular formula is C22H24O5. The minimum absolute atomic E-state index is 0.119. The fourth-order valence-electron chi connectivity index (χ4n) is 4.44. The molecule has 2 unspecified atom stereocenters. The highest BCUT2D eigenvalue weighted by Crippen LogP contribution is 2.57. The number of benzene rings is 2. The molecule has 0 aliphatic carbocycles. The molecule has 5 rings (SSSR count). The first kappa shape index (κ1) is 16.6. The summed E-state index contributed by atoms with van der Waals surface area (Å²) >= 11 is 0. The summed E-state index contributed by atoms with van der Waals surface area (Å²) in [6, 6.07) is 8.00. The molecule has 2 aromatic carbocycles. The number of hydrogen-bond acceptors (Lipinski definition) is 5. The lowest BCUT2D eigenvalue weighted by Crippen LogP contribution is -2.33. The number of hydrogen-bond donors (Lipinski definition) is 0. The molecule has 3 aliphatic rings. The topological polar surface area (TPSA) is 46.2 Å². The second-order valence-electron chi connectivity index (χ2n) is 8.02. The van der Waals surface area contributed by atoms with Crippen LogP contribution in [0.1, 0.15) is 49.0 Å². The van der Waals surface area contributed by atoms with E-state index < -0.39 is 0 Å². The Morgan fingerprint density at radius 1 is 1.04 bits per heavy atom. The summed E-state index contributed by atoms with van der Waals surface area (Å²) in [6.07, 6.45) is 1.74. The highest BCUT2D eigenvalue weighted by molar-refractivity contribution is 5.62. The minimum Gasteiger partial charge on any atom is -0.497 e. The number of methoxy groups -OCH3 is 2. The Hall–Kier alpha value is -2.56. The van der Waals surface area contributed by atoms with Crippen LogP contribution in [-0.2, 0) is 6.42 Å². The van der Waals surface area contributed by atoms with Crippen molar-refractivity contribution in [3.63, 3.8) is 0 Å². The van der Waals surface area contributed by atoms with E-state index in [-0.39, 0.29) is 17.6 Å². The summed E-state index contributed by atoms with van der Waals surface area (Å²) in [6.45, 7) is 4.80. The van der Waals surface area contributed by atoms with E-state index in [1.54, 1.807) is 14.2 Å². The van der Waals surface area contributed by atoms with Crippen molar-refractivity contribution in [1.82, 2.24) is 0 Å². The van der Waals surface area contributed by atoms with Gasteiger partial charge in [-0.25, -0.2) is 0 Å². The highest BCUT2D eigenvalue weighted by atomic mass is 16.5. The van der Waals surface area contributed by atoms with Crippen LogP contribution < -0.4 is 23.7 Å². The Balaban J connectivity index is 1.62. The molecule has 3 aliphatic heterocycles. The van der Waals surface area contributed by atoms with Crippen LogP contribution in [0.3, 0.4) is 0 Å². The summed E-state index contributed by atoms with van der Waals surface area (Å²) in [4.78, 5) is 0. The molecule has 2 atom stereocenters. The maximum absolute atomic E-state index is 6.37. The predicted octanol–water partition coefficient (Wildman–Crippen LogP) is 4.42. The fourth-order valence-corrected chi connectivity index (χ4v) is 4.44. The number of fused-ring (bicyclic) bond motifs is 6. The van der Waals surface area contributed by atoms with E-state index in [9.17, 15) is 0 Å². The zero-order valence-electron chi connectivity index (χ0n) is 16.1. The first-order valence-corrected chi connectivity index (χ1v) is 9.41. The monoisotopic (exact) mass is 368 g/mol. The third kappa shape index (κ3) is 2.44. The van der Waals surface area contributed by atoms with Gasteiger partial charge in [-0.05, 0) is 32.8 Å². The zero-order chi connectivity index (χ0) is 18.8. The lowest BCUT2D eigenvalue weighted by Gasteiger charge is -2.36.